The minimum atomic E-state index is -0.169. The molecule has 0 aliphatic rings. The normalized spacial score (nSPS) is 9.62. The fourth-order valence-electron chi connectivity index (χ4n) is 0.854. The summed E-state index contributed by atoms with van der Waals surface area (Å²) in [5.41, 5.74) is 0.429. The highest BCUT2D eigenvalue weighted by Gasteiger charge is 2.03. The smallest absolute Gasteiger partial charge is 0.269 e. The van der Waals surface area contributed by atoms with E-state index in [1.807, 2.05) is 0 Å². The summed E-state index contributed by atoms with van der Waals surface area (Å²) in [6, 6.07) is 5.21. The highest BCUT2D eigenvalue weighted by atomic mass is 16.5. The van der Waals surface area contributed by atoms with Crippen LogP contribution in [-0.2, 0) is 4.74 Å². The van der Waals surface area contributed by atoms with E-state index in [2.05, 4.69) is 10.3 Å². The van der Waals surface area contributed by atoms with Crippen molar-refractivity contribution < 1.29 is 9.53 Å². The van der Waals surface area contributed by atoms with Gasteiger partial charge in [-0.05, 0) is 12.1 Å². The first-order valence-corrected chi connectivity index (χ1v) is 4.03. The van der Waals surface area contributed by atoms with Crippen LogP contribution in [0.5, 0.6) is 0 Å². The summed E-state index contributed by atoms with van der Waals surface area (Å²) < 4.78 is 4.79. The van der Waals surface area contributed by atoms with Gasteiger partial charge in [-0.1, -0.05) is 6.07 Å². The summed E-state index contributed by atoms with van der Waals surface area (Å²) in [5.74, 6) is -0.169. The predicted molar refractivity (Wildman–Crippen MR) is 48.4 cm³/mol. The van der Waals surface area contributed by atoms with Gasteiger partial charge in [0.05, 0.1) is 6.61 Å². The highest BCUT2D eigenvalue weighted by molar-refractivity contribution is 5.92. The molecule has 1 rings (SSSR count). The topological polar surface area (TPSA) is 51.2 Å². The van der Waals surface area contributed by atoms with Crippen molar-refractivity contribution in [3.63, 3.8) is 0 Å². The van der Waals surface area contributed by atoms with E-state index in [9.17, 15) is 4.79 Å². The first-order chi connectivity index (χ1) is 6.34. The number of amides is 1. The SMILES string of the molecule is COCCNC(=O)c1ccccn1. The Morgan fingerprint density at radius 3 is 3.08 bits per heavy atom. The van der Waals surface area contributed by atoms with Gasteiger partial charge in [0.15, 0.2) is 0 Å². The number of methoxy groups -OCH3 is 1. The summed E-state index contributed by atoms with van der Waals surface area (Å²) in [6.45, 7) is 1.02. The molecule has 0 radical (unpaired) electrons. The number of hydrogen-bond donors (Lipinski definition) is 1. The van der Waals surface area contributed by atoms with Crippen LogP contribution in [-0.4, -0.2) is 31.2 Å². The van der Waals surface area contributed by atoms with Gasteiger partial charge in [-0.15, -0.1) is 0 Å². The minimum absolute atomic E-state index is 0.169. The average molecular weight is 180 g/mol. The molecule has 0 bridgehead atoms. The Bertz CT molecular complexity index is 262. The number of rotatable bonds is 4. The monoisotopic (exact) mass is 180 g/mol. The van der Waals surface area contributed by atoms with E-state index in [1.165, 1.54) is 0 Å². The number of ether oxygens (including phenoxy) is 1. The Labute approximate surface area is 76.9 Å². The van der Waals surface area contributed by atoms with Crippen LogP contribution in [0.3, 0.4) is 0 Å². The standard InChI is InChI=1S/C9H12N2O2/c1-13-7-6-11-9(12)8-4-2-3-5-10-8/h2-5H,6-7H2,1H3,(H,11,12). The third kappa shape index (κ3) is 3.21. The van der Waals surface area contributed by atoms with Crippen LogP contribution in [0.2, 0.25) is 0 Å². The van der Waals surface area contributed by atoms with E-state index in [-0.39, 0.29) is 5.91 Å². The Morgan fingerprint density at radius 1 is 1.62 bits per heavy atom. The fraction of sp³-hybridized carbons (Fsp3) is 0.333. The quantitative estimate of drug-likeness (QED) is 0.685. The second-order valence-electron chi connectivity index (χ2n) is 2.46. The van der Waals surface area contributed by atoms with Crippen LogP contribution in [0, 0.1) is 0 Å². The molecular formula is C9H12N2O2. The summed E-state index contributed by atoms with van der Waals surface area (Å²) in [7, 11) is 1.59. The largest absolute Gasteiger partial charge is 0.383 e. The van der Waals surface area contributed by atoms with Crippen molar-refractivity contribution in [1.82, 2.24) is 10.3 Å². The molecule has 1 aromatic heterocycles. The lowest BCUT2D eigenvalue weighted by Gasteiger charge is -2.02. The molecule has 0 atom stereocenters. The van der Waals surface area contributed by atoms with Crippen LogP contribution in [0.15, 0.2) is 24.4 Å². The van der Waals surface area contributed by atoms with Gasteiger partial charge in [0.25, 0.3) is 5.91 Å². The van der Waals surface area contributed by atoms with E-state index in [1.54, 1.807) is 31.5 Å². The van der Waals surface area contributed by atoms with Gasteiger partial charge in [0, 0.05) is 19.9 Å². The van der Waals surface area contributed by atoms with E-state index in [4.69, 9.17) is 4.74 Å². The van der Waals surface area contributed by atoms with E-state index in [0.29, 0.717) is 18.8 Å². The molecule has 1 N–H and O–H groups in total. The summed E-state index contributed by atoms with van der Waals surface area (Å²) in [5, 5.41) is 2.67. The maximum atomic E-state index is 11.3. The lowest BCUT2D eigenvalue weighted by Crippen LogP contribution is -2.27. The van der Waals surface area contributed by atoms with Crippen molar-refractivity contribution in [2.24, 2.45) is 0 Å². The van der Waals surface area contributed by atoms with Gasteiger partial charge in [-0.25, -0.2) is 0 Å². The maximum absolute atomic E-state index is 11.3. The molecule has 0 spiro atoms. The molecule has 0 fully saturated rings. The summed E-state index contributed by atoms with van der Waals surface area (Å²) in [4.78, 5) is 15.2. The van der Waals surface area contributed by atoms with Crippen molar-refractivity contribution in [2.45, 2.75) is 0 Å². The lowest BCUT2D eigenvalue weighted by molar-refractivity contribution is 0.0932. The van der Waals surface area contributed by atoms with Gasteiger partial charge < -0.3 is 10.1 Å². The first-order valence-electron chi connectivity index (χ1n) is 4.03. The highest BCUT2D eigenvalue weighted by Crippen LogP contribution is 1.91. The van der Waals surface area contributed by atoms with E-state index in [0.717, 1.165) is 0 Å². The molecule has 4 heteroatoms. The number of hydrogen-bond acceptors (Lipinski definition) is 3. The summed E-state index contributed by atoms with van der Waals surface area (Å²) in [6.07, 6.45) is 1.59. The van der Waals surface area contributed by atoms with Crippen LogP contribution >= 0.6 is 0 Å². The van der Waals surface area contributed by atoms with Crippen LogP contribution < -0.4 is 5.32 Å². The second kappa shape index (κ2) is 5.27. The molecule has 1 aromatic rings. The van der Waals surface area contributed by atoms with Gasteiger partial charge >= 0.3 is 0 Å². The van der Waals surface area contributed by atoms with E-state index >= 15 is 0 Å². The molecule has 0 saturated heterocycles. The molecule has 0 aliphatic carbocycles. The van der Waals surface area contributed by atoms with Crippen molar-refractivity contribution in [2.75, 3.05) is 20.3 Å². The molecule has 0 aliphatic heterocycles. The predicted octanol–water partition coefficient (Wildman–Crippen LogP) is 0.458. The molecule has 0 aromatic carbocycles. The van der Waals surface area contributed by atoms with Gasteiger partial charge in [0.1, 0.15) is 5.69 Å². The lowest BCUT2D eigenvalue weighted by atomic mass is 10.3. The van der Waals surface area contributed by atoms with Gasteiger partial charge in [0.2, 0.25) is 0 Å². The maximum Gasteiger partial charge on any atom is 0.269 e. The van der Waals surface area contributed by atoms with Crippen LogP contribution in [0.1, 0.15) is 10.5 Å². The van der Waals surface area contributed by atoms with Crippen molar-refractivity contribution in [3.05, 3.63) is 30.1 Å². The number of aromatic nitrogens is 1. The molecule has 0 unspecified atom stereocenters. The Balaban J connectivity index is 2.40. The Hall–Kier alpha value is -1.42. The minimum Gasteiger partial charge on any atom is -0.383 e. The molecule has 0 saturated carbocycles. The number of carbonyl (C=O) groups excluding carboxylic acids is 1. The number of nitrogens with one attached hydrogen (secondary N) is 1. The van der Waals surface area contributed by atoms with E-state index < -0.39 is 0 Å². The third-order valence-corrected chi connectivity index (χ3v) is 1.49. The van der Waals surface area contributed by atoms with Crippen molar-refractivity contribution >= 4 is 5.91 Å². The van der Waals surface area contributed by atoms with Crippen molar-refractivity contribution in [1.29, 1.82) is 0 Å². The molecular weight excluding hydrogens is 168 g/mol. The first kappa shape index (κ1) is 9.67. The molecule has 13 heavy (non-hydrogen) atoms. The number of carbonyl (C=O) groups is 1. The molecule has 1 heterocycles. The number of nitrogens with zero attached hydrogens (tertiary/aromatic N) is 1. The Morgan fingerprint density at radius 2 is 2.46 bits per heavy atom. The second-order valence-corrected chi connectivity index (χ2v) is 2.46. The Kier molecular flexibility index (Phi) is 3.92. The zero-order chi connectivity index (χ0) is 9.52. The molecule has 4 nitrogen and oxygen atoms in total. The van der Waals surface area contributed by atoms with Gasteiger partial charge in [-0.2, -0.15) is 0 Å². The van der Waals surface area contributed by atoms with Crippen molar-refractivity contribution in [3.8, 4) is 0 Å². The fourth-order valence-corrected chi connectivity index (χ4v) is 0.854. The molecule has 1 amide bonds. The van der Waals surface area contributed by atoms with Gasteiger partial charge in [-0.3, -0.25) is 9.78 Å². The zero-order valence-electron chi connectivity index (χ0n) is 7.49. The van der Waals surface area contributed by atoms with Crippen LogP contribution in [0.25, 0.3) is 0 Å². The third-order valence-electron chi connectivity index (χ3n) is 1.49. The van der Waals surface area contributed by atoms with Crippen LogP contribution in [0.4, 0.5) is 0 Å². The molecule has 70 valence electrons. The summed E-state index contributed by atoms with van der Waals surface area (Å²) >= 11 is 0. The average Bonchev–Trinajstić information content (AvgIpc) is 2.19. The zero-order valence-corrected chi connectivity index (χ0v) is 7.49. The number of pyridine rings is 1.